The lowest BCUT2D eigenvalue weighted by Gasteiger charge is -2.34. The highest BCUT2D eigenvalue weighted by Crippen LogP contribution is 2.23. The first-order valence-corrected chi connectivity index (χ1v) is 9.87. The summed E-state index contributed by atoms with van der Waals surface area (Å²) in [6.45, 7) is 2.61. The van der Waals surface area contributed by atoms with Crippen LogP contribution >= 0.6 is 23.2 Å². The lowest BCUT2D eigenvalue weighted by Crippen LogP contribution is -2.48. The number of hydrogen-bond acceptors (Lipinski definition) is 5. The second-order valence-electron chi connectivity index (χ2n) is 6.80. The zero-order chi connectivity index (χ0) is 21.3. The molecule has 1 amide bonds. The van der Waals surface area contributed by atoms with Crippen LogP contribution in [0.2, 0.25) is 10.0 Å². The van der Waals surface area contributed by atoms with Crippen LogP contribution in [0.4, 0.5) is 8.78 Å². The van der Waals surface area contributed by atoms with Gasteiger partial charge in [0, 0.05) is 37.3 Å². The molecule has 156 valence electrons. The fraction of sp³-hybridized carbons (Fsp3) is 0.263. The van der Waals surface area contributed by atoms with Crippen LogP contribution in [0.15, 0.2) is 36.4 Å². The monoisotopic (exact) mass is 452 g/mol. The molecule has 7 nitrogen and oxygen atoms in total. The zero-order valence-electron chi connectivity index (χ0n) is 15.6. The molecule has 0 bridgehead atoms. The van der Waals surface area contributed by atoms with E-state index in [9.17, 15) is 13.6 Å². The summed E-state index contributed by atoms with van der Waals surface area (Å²) in [5.74, 6) is -1.57. The number of hydrogen-bond donors (Lipinski definition) is 0. The van der Waals surface area contributed by atoms with Crippen molar-refractivity contribution in [1.82, 2.24) is 30.0 Å². The fourth-order valence-electron chi connectivity index (χ4n) is 3.26. The fourth-order valence-corrected chi connectivity index (χ4v) is 3.75. The normalized spacial score (nSPS) is 14.9. The van der Waals surface area contributed by atoms with Crippen molar-refractivity contribution < 1.29 is 13.6 Å². The molecular weight excluding hydrogens is 437 g/mol. The van der Waals surface area contributed by atoms with E-state index in [4.69, 9.17) is 23.2 Å². The van der Waals surface area contributed by atoms with Gasteiger partial charge in [0.25, 0.3) is 5.91 Å². The van der Waals surface area contributed by atoms with Gasteiger partial charge in [-0.1, -0.05) is 23.2 Å². The van der Waals surface area contributed by atoms with Gasteiger partial charge >= 0.3 is 0 Å². The van der Waals surface area contributed by atoms with E-state index < -0.39 is 11.6 Å². The average molecular weight is 453 g/mol. The summed E-state index contributed by atoms with van der Waals surface area (Å²) in [7, 11) is 0. The summed E-state index contributed by atoms with van der Waals surface area (Å²) in [4.78, 5) is 16.5. The van der Waals surface area contributed by atoms with Crippen molar-refractivity contribution in [1.29, 1.82) is 0 Å². The SMILES string of the molecule is O=C(c1ccc(Cl)cc1Cl)N1CCN(Cc2nnnn2-c2ccc(F)c(F)c2)CC1. The smallest absolute Gasteiger partial charge is 0.255 e. The van der Waals surface area contributed by atoms with Crippen molar-refractivity contribution in [2.24, 2.45) is 0 Å². The number of halogens is 4. The summed E-state index contributed by atoms with van der Waals surface area (Å²) in [5, 5.41) is 12.3. The van der Waals surface area contributed by atoms with Gasteiger partial charge in [-0.2, -0.15) is 4.68 Å². The van der Waals surface area contributed by atoms with E-state index in [1.807, 2.05) is 0 Å². The highest BCUT2D eigenvalue weighted by Gasteiger charge is 2.25. The van der Waals surface area contributed by atoms with Crippen molar-refractivity contribution in [2.45, 2.75) is 6.54 Å². The highest BCUT2D eigenvalue weighted by atomic mass is 35.5. The summed E-state index contributed by atoms with van der Waals surface area (Å²) >= 11 is 12.0. The molecule has 2 aromatic carbocycles. The molecule has 0 saturated carbocycles. The maximum Gasteiger partial charge on any atom is 0.255 e. The minimum absolute atomic E-state index is 0.150. The largest absolute Gasteiger partial charge is 0.336 e. The van der Waals surface area contributed by atoms with Crippen molar-refractivity contribution in [2.75, 3.05) is 26.2 Å². The number of carbonyl (C=O) groups is 1. The van der Waals surface area contributed by atoms with Gasteiger partial charge in [0.1, 0.15) is 0 Å². The van der Waals surface area contributed by atoms with Gasteiger partial charge in [0.05, 0.1) is 22.8 Å². The van der Waals surface area contributed by atoms with Crippen molar-refractivity contribution >= 4 is 29.1 Å². The lowest BCUT2D eigenvalue weighted by atomic mass is 10.1. The molecule has 0 aliphatic carbocycles. The number of piperazine rings is 1. The van der Waals surface area contributed by atoms with Gasteiger partial charge in [-0.05, 0) is 40.8 Å². The first-order valence-electron chi connectivity index (χ1n) is 9.12. The third-order valence-corrected chi connectivity index (χ3v) is 5.42. The number of carbonyl (C=O) groups excluding carboxylic acids is 1. The third kappa shape index (κ3) is 4.28. The Labute approximate surface area is 180 Å². The van der Waals surface area contributed by atoms with Crippen LogP contribution in [0.3, 0.4) is 0 Å². The quantitative estimate of drug-likeness (QED) is 0.607. The van der Waals surface area contributed by atoms with Gasteiger partial charge < -0.3 is 4.90 Å². The molecule has 1 fully saturated rings. The minimum Gasteiger partial charge on any atom is -0.336 e. The van der Waals surface area contributed by atoms with Gasteiger partial charge in [0.15, 0.2) is 17.5 Å². The van der Waals surface area contributed by atoms with E-state index >= 15 is 0 Å². The van der Waals surface area contributed by atoms with Gasteiger partial charge in [0.2, 0.25) is 0 Å². The maximum atomic E-state index is 13.5. The molecule has 4 rings (SSSR count). The number of rotatable bonds is 4. The number of aromatic nitrogens is 4. The van der Waals surface area contributed by atoms with E-state index in [1.54, 1.807) is 23.1 Å². The van der Waals surface area contributed by atoms with Crippen molar-refractivity contribution in [3.63, 3.8) is 0 Å². The summed E-state index contributed by atoms with van der Waals surface area (Å²) < 4.78 is 28.1. The topological polar surface area (TPSA) is 67.2 Å². The van der Waals surface area contributed by atoms with E-state index in [1.165, 1.54) is 10.7 Å². The highest BCUT2D eigenvalue weighted by molar-refractivity contribution is 6.36. The molecule has 11 heteroatoms. The average Bonchev–Trinajstić information content (AvgIpc) is 3.18. The van der Waals surface area contributed by atoms with Crippen LogP contribution < -0.4 is 0 Å². The maximum absolute atomic E-state index is 13.5. The lowest BCUT2D eigenvalue weighted by molar-refractivity contribution is 0.0624. The summed E-state index contributed by atoms with van der Waals surface area (Å²) in [6.07, 6.45) is 0. The molecule has 1 aliphatic rings. The third-order valence-electron chi connectivity index (χ3n) is 4.87. The van der Waals surface area contributed by atoms with Crippen LogP contribution in [0.5, 0.6) is 0 Å². The summed E-state index contributed by atoms with van der Waals surface area (Å²) in [5.41, 5.74) is 0.747. The predicted molar refractivity (Wildman–Crippen MR) is 107 cm³/mol. The molecule has 0 N–H and O–H groups in total. The molecule has 0 spiro atoms. The molecule has 3 aromatic rings. The van der Waals surface area contributed by atoms with Crippen LogP contribution in [-0.2, 0) is 6.54 Å². The summed E-state index contributed by atoms with van der Waals surface area (Å²) in [6, 6.07) is 8.28. The molecule has 1 aromatic heterocycles. The number of nitrogens with zero attached hydrogens (tertiary/aromatic N) is 6. The molecule has 0 radical (unpaired) electrons. The molecular formula is C19H16Cl2F2N6O. The Hall–Kier alpha value is -2.62. The van der Waals surface area contributed by atoms with Crippen LogP contribution in [0.1, 0.15) is 16.2 Å². The predicted octanol–water partition coefficient (Wildman–Crippen LogP) is 3.21. The Morgan fingerprint density at radius 2 is 1.77 bits per heavy atom. The Morgan fingerprint density at radius 1 is 1.00 bits per heavy atom. The van der Waals surface area contributed by atoms with E-state index in [-0.39, 0.29) is 5.91 Å². The van der Waals surface area contributed by atoms with E-state index in [2.05, 4.69) is 20.4 Å². The Kier molecular flexibility index (Phi) is 5.94. The standard InChI is InChI=1S/C19H16Cl2F2N6O/c20-12-1-3-14(15(21)9-12)19(30)28-7-5-27(6-8-28)11-18-24-25-26-29(18)13-2-4-16(22)17(23)10-13/h1-4,9-10H,5-8,11H2. The molecule has 1 aliphatic heterocycles. The van der Waals surface area contributed by atoms with E-state index in [0.29, 0.717) is 59.8 Å². The first kappa shape index (κ1) is 20.6. The number of tetrazole rings is 1. The van der Waals surface area contributed by atoms with Crippen molar-refractivity contribution in [3.05, 3.63) is 69.5 Å². The second kappa shape index (κ2) is 8.63. The minimum atomic E-state index is -0.970. The molecule has 2 heterocycles. The van der Waals surface area contributed by atoms with E-state index in [0.717, 1.165) is 12.1 Å². The Balaban J connectivity index is 1.40. The van der Waals surface area contributed by atoms with Crippen LogP contribution in [-0.4, -0.2) is 62.1 Å². The van der Waals surface area contributed by atoms with Gasteiger partial charge in [-0.25, -0.2) is 8.78 Å². The van der Waals surface area contributed by atoms with Crippen LogP contribution in [0, 0.1) is 11.6 Å². The van der Waals surface area contributed by atoms with Gasteiger partial charge in [-0.15, -0.1) is 5.10 Å². The number of amides is 1. The zero-order valence-corrected chi connectivity index (χ0v) is 17.1. The molecule has 1 saturated heterocycles. The van der Waals surface area contributed by atoms with Crippen LogP contribution in [0.25, 0.3) is 5.69 Å². The van der Waals surface area contributed by atoms with Gasteiger partial charge in [-0.3, -0.25) is 9.69 Å². The molecule has 0 atom stereocenters. The molecule has 0 unspecified atom stereocenters. The number of benzene rings is 2. The Morgan fingerprint density at radius 3 is 2.47 bits per heavy atom. The second-order valence-corrected chi connectivity index (χ2v) is 7.64. The van der Waals surface area contributed by atoms with Crippen molar-refractivity contribution in [3.8, 4) is 5.69 Å². The molecule has 30 heavy (non-hydrogen) atoms. The first-order chi connectivity index (χ1) is 14.4. The Bertz CT molecular complexity index is 1080.